The minimum atomic E-state index is -1.22. The molecule has 8 unspecified atom stereocenters. The summed E-state index contributed by atoms with van der Waals surface area (Å²) >= 11 is 1.53. The molecule has 20 nitrogen and oxygen atoms in total. The summed E-state index contributed by atoms with van der Waals surface area (Å²) in [5, 5.41) is 28.5. The molecule has 0 aliphatic heterocycles. The van der Waals surface area contributed by atoms with Crippen LogP contribution in [0.2, 0.25) is 0 Å². The summed E-state index contributed by atoms with van der Waals surface area (Å²) in [5.74, 6) is -5.96. The number of carboxylic acid groups (broad SMARTS) is 1. The molecule has 8 atom stereocenters. The van der Waals surface area contributed by atoms with Gasteiger partial charge in [-0.25, -0.2) is 4.79 Å². The number of carbonyl (C=O) groups is 8. The Morgan fingerprint density at radius 2 is 1.00 bits per heavy atom. The molecule has 0 aliphatic rings. The number of guanidine groups is 1. The molecule has 64 heavy (non-hydrogen) atoms. The average Bonchev–Trinajstić information content (AvgIpc) is 3.19. The molecular weight excluding hydrogens is 847 g/mol. The number of rotatable bonds is 32. The summed E-state index contributed by atoms with van der Waals surface area (Å²) in [6.07, 6.45) is 3.75. The molecule has 0 radical (unpaired) electrons. The lowest BCUT2D eigenvalue weighted by Crippen LogP contribution is -2.61. The van der Waals surface area contributed by atoms with Crippen molar-refractivity contribution in [1.82, 2.24) is 37.2 Å². The van der Waals surface area contributed by atoms with Gasteiger partial charge in [0.1, 0.15) is 36.3 Å². The quantitative estimate of drug-likeness (QED) is 0.0249. The lowest BCUT2D eigenvalue weighted by molar-refractivity contribution is -0.143. The minimum Gasteiger partial charge on any atom is -0.480 e. The van der Waals surface area contributed by atoms with Gasteiger partial charge in [0.05, 0.1) is 12.6 Å². The Labute approximate surface area is 384 Å². The van der Waals surface area contributed by atoms with Crippen LogP contribution in [0.1, 0.15) is 121 Å². The molecule has 0 bridgehead atoms. The summed E-state index contributed by atoms with van der Waals surface area (Å²) in [6.45, 7) is 18.0. The van der Waals surface area contributed by atoms with Crippen molar-refractivity contribution in [1.29, 1.82) is 0 Å². The zero-order valence-electron chi connectivity index (χ0n) is 40.0. The van der Waals surface area contributed by atoms with Gasteiger partial charge in [-0.05, 0) is 86.5 Å². The fourth-order valence-electron chi connectivity index (χ4n) is 6.53. The third-order valence-electron chi connectivity index (χ3n) is 10.1. The zero-order chi connectivity index (χ0) is 49.3. The van der Waals surface area contributed by atoms with Crippen molar-refractivity contribution in [2.45, 2.75) is 163 Å². The first-order chi connectivity index (χ1) is 29.8. The van der Waals surface area contributed by atoms with Gasteiger partial charge in [0, 0.05) is 6.54 Å². The first-order valence-electron chi connectivity index (χ1n) is 22.4. The lowest BCUT2D eigenvalue weighted by Gasteiger charge is -2.30. The van der Waals surface area contributed by atoms with Crippen LogP contribution < -0.4 is 54.4 Å². The Balaban J connectivity index is 6.49. The van der Waals surface area contributed by atoms with Crippen molar-refractivity contribution >= 4 is 65.0 Å². The standard InChI is InChI=1S/C43H81N11O9S/c1-12-27(10)35(41(61)52-32(20-25(6)7)39(59)51-31(19-24(4)5)40(60)53-33(42(62)63)21-26(8)9)54-37(57)29(14-13-16-47-43(45)46)50-38(58)30(18-23(2)3)49-34(55)22-48-36(56)28(44)15-17-64-11/h23-33,35H,12-22,44H2,1-11H3,(H,48,56)(H,49,55)(H,50,58)(H,51,59)(H,52,61)(H,53,60)(H,54,57)(H,62,63)(H4,45,46,47). The number of hydrogen-bond acceptors (Lipinski definition) is 11. The van der Waals surface area contributed by atoms with Gasteiger partial charge in [0.25, 0.3) is 0 Å². The van der Waals surface area contributed by atoms with Crippen LogP contribution in [-0.4, -0.2) is 126 Å². The van der Waals surface area contributed by atoms with Crippen molar-refractivity contribution in [2.24, 2.45) is 51.8 Å². The van der Waals surface area contributed by atoms with Crippen LogP contribution in [0, 0.1) is 29.6 Å². The predicted octanol–water partition coefficient (Wildman–Crippen LogP) is 0.460. The van der Waals surface area contributed by atoms with Crippen LogP contribution in [-0.2, 0) is 38.4 Å². The number of nitrogens with two attached hydrogens (primary N) is 3. The molecule has 0 saturated heterocycles. The second kappa shape index (κ2) is 31.3. The predicted molar refractivity (Wildman–Crippen MR) is 250 cm³/mol. The van der Waals surface area contributed by atoms with E-state index in [0.29, 0.717) is 18.6 Å². The smallest absolute Gasteiger partial charge is 0.326 e. The van der Waals surface area contributed by atoms with Crippen molar-refractivity contribution in [2.75, 3.05) is 25.1 Å². The van der Waals surface area contributed by atoms with Crippen LogP contribution in [0.3, 0.4) is 0 Å². The number of amides is 7. The fraction of sp³-hybridized carbons (Fsp3) is 0.791. The Morgan fingerprint density at radius 3 is 1.44 bits per heavy atom. The van der Waals surface area contributed by atoms with Crippen molar-refractivity contribution in [3.05, 3.63) is 0 Å². The van der Waals surface area contributed by atoms with E-state index in [1.54, 1.807) is 6.92 Å². The largest absolute Gasteiger partial charge is 0.480 e. The number of carboxylic acids is 1. The van der Waals surface area contributed by atoms with E-state index in [2.05, 4.69) is 42.2 Å². The normalized spacial score (nSPS) is 15.1. The van der Waals surface area contributed by atoms with Crippen LogP contribution in [0.5, 0.6) is 0 Å². The molecule has 14 N–H and O–H groups in total. The van der Waals surface area contributed by atoms with Gasteiger partial charge in [0.15, 0.2) is 5.96 Å². The molecule has 0 rings (SSSR count). The van der Waals surface area contributed by atoms with Crippen molar-refractivity contribution in [3.8, 4) is 0 Å². The Morgan fingerprint density at radius 1 is 0.578 bits per heavy atom. The minimum absolute atomic E-state index is 0.0265. The van der Waals surface area contributed by atoms with Crippen LogP contribution in [0.4, 0.5) is 0 Å². The van der Waals surface area contributed by atoms with Crippen LogP contribution >= 0.6 is 11.8 Å². The molecule has 0 aromatic heterocycles. The molecule has 0 aromatic rings. The number of nitrogens with one attached hydrogen (secondary N) is 7. The molecule has 0 aromatic carbocycles. The van der Waals surface area contributed by atoms with Gasteiger partial charge in [0.2, 0.25) is 41.4 Å². The maximum Gasteiger partial charge on any atom is 0.326 e. The SMILES string of the molecule is CCC(C)C(NC(=O)C(CCCN=C(N)N)NC(=O)C(CC(C)C)NC(=O)CNC(=O)C(N)CCSC)C(=O)NC(CC(C)C)C(=O)NC(CC(C)C)C(=O)NC(CC(C)C)C(=O)O. The highest BCUT2D eigenvalue weighted by Gasteiger charge is 2.35. The molecule has 0 spiro atoms. The maximum atomic E-state index is 14.2. The van der Waals surface area contributed by atoms with E-state index in [4.69, 9.17) is 17.2 Å². The number of aliphatic carboxylic acids is 1. The summed E-state index contributed by atoms with van der Waals surface area (Å²) < 4.78 is 0. The third kappa shape index (κ3) is 25.0. The van der Waals surface area contributed by atoms with E-state index in [-0.39, 0.29) is 74.7 Å². The molecule has 0 heterocycles. The highest BCUT2D eigenvalue weighted by molar-refractivity contribution is 7.98. The van der Waals surface area contributed by atoms with E-state index in [9.17, 15) is 43.5 Å². The molecule has 368 valence electrons. The topological polar surface area (TPSA) is 331 Å². The molecule has 21 heteroatoms. The van der Waals surface area contributed by atoms with Crippen molar-refractivity contribution < 1.29 is 43.5 Å². The van der Waals surface area contributed by atoms with E-state index >= 15 is 0 Å². The molecule has 7 amide bonds. The monoisotopic (exact) mass is 928 g/mol. The number of hydrogen-bond donors (Lipinski definition) is 11. The van der Waals surface area contributed by atoms with Crippen LogP contribution in [0.15, 0.2) is 4.99 Å². The summed E-state index contributed by atoms with van der Waals surface area (Å²) in [6, 6.07) is -7.72. The number of aliphatic imine (C=N–C) groups is 1. The summed E-state index contributed by atoms with van der Waals surface area (Å²) in [4.78, 5) is 111. The van der Waals surface area contributed by atoms with E-state index in [0.717, 1.165) is 0 Å². The zero-order valence-corrected chi connectivity index (χ0v) is 40.8. The highest BCUT2D eigenvalue weighted by Crippen LogP contribution is 2.15. The fourth-order valence-corrected chi connectivity index (χ4v) is 7.02. The average molecular weight is 928 g/mol. The lowest BCUT2D eigenvalue weighted by atomic mass is 9.95. The van der Waals surface area contributed by atoms with E-state index in [1.807, 2.05) is 68.6 Å². The molecule has 0 saturated carbocycles. The van der Waals surface area contributed by atoms with Crippen molar-refractivity contribution in [3.63, 3.8) is 0 Å². The summed E-state index contributed by atoms with van der Waals surface area (Å²) in [7, 11) is 0. The highest BCUT2D eigenvalue weighted by atomic mass is 32.2. The van der Waals surface area contributed by atoms with Gasteiger partial charge in [-0.1, -0.05) is 75.7 Å². The first-order valence-corrected chi connectivity index (χ1v) is 23.8. The number of nitrogens with zero attached hydrogens (tertiary/aromatic N) is 1. The number of carbonyl (C=O) groups excluding carboxylic acids is 7. The number of thioether (sulfide) groups is 1. The Hall–Kier alpha value is -4.66. The maximum absolute atomic E-state index is 14.2. The van der Waals surface area contributed by atoms with E-state index < -0.39 is 102 Å². The Kier molecular flexibility index (Phi) is 29.0. The van der Waals surface area contributed by atoms with E-state index in [1.165, 1.54) is 11.8 Å². The second-order valence-corrected chi connectivity index (χ2v) is 19.1. The van der Waals surface area contributed by atoms with Gasteiger partial charge < -0.3 is 59.5 Å². The third-order valence-corrected chi connectivity index (χ3v) is 10.8. The Bertz CT molecular complexity index is 1540. The molecule has 0 fully saturated rings. The molecule has 0 aliphatic carbocycles. The van der Waals surface area contributed by atoms with Gasteiger partial charge in [-0.15, -0.1) is 0 Å². The van der Waals surface area contributed by atoms with Crippen LogP contribution in [0.25, 0.3) is 0 Å². The van der Waals surface area contributed by atoms with Gasteiger partial charge in [-0.3, -0.25) is 38.6 Å². The molecular formula is C43H81N11O9S. The summed E-state index contributed by atoms with van der Waals surface area (Å²) in [5.41, 5.74) is 16.9. The second-order valence-electron chi connectivity index (χ2n) is 18.1. The first kappa shape index (κ1) is 59.3. The van der Waals surface area contributed by atoms with Gasteiger partial charge >= 0.3 is 5.97 Å². The van der Waals surface area contributed by atoms with Gasteiger partial charge in [-0.2, -0.15) is 11.8 Å².